The zero-order chi connectivity index (χ0) is 10.7. The van der Waals surface area contributed by atoms with Crippen LogP contribution >= 0.6 is 0 Å². The van der Waals surface area contributed by atoms with Crippen LogP contribution in [0.15, 0.2) is 12.2 Å². The van der Waals surface area contributed by atoms with E-state index >= 15 is 0 Å². The molecule has 0 aliphatic carbocycles. The first kappa shape index (κ1) is 13.9. The maximum absolute atomic E-state index is 9.55. The summed E-state index contributed by atoms with van der Waals surface area (Å²) in [5.74, 6) is -2.51. The lowest BCUT2D eigenvalue weighted by molar-refractivity contribution is -0.134. The van der Waals surface area contributed by atoms with Crippen LogP contribution in [-0.2, 0) is 14.4 Å². The van der Waals surface area contributed by atoms with Gasteiger partial charge in [0, 0.05) is 18.6 Å². The number of carbonyl (C=O) groups excluding carboxylic acids is 1. The van der Waals surface area contributed by atoms with Crippen molar-refractivity contribution < 1.29 is 24.6 Å². The lowest BCUT2D eigenvalue weighted by atomic mass is 10.4. The van der Waals surface area contributed by atoms with E-state index in [1.54, 1.807) is 0 Å². The van der Waals surface area contributed by atoms with E-state index in [0.29, 0.717) is 18.6 Å². The Labute approximate surface area is 75.7 Å². The second-order valence-electron chi connectivity index (χ2n) is 1.97. The summed E-state index contributed by atoms with van der Waals surface area (Å²) in [6.45, 7) is 1.98. The molecule has 0 aromatic heterocycles. The summed E-state index contributed by atoms with van der Waals surface area (Å²) >= 11 is 0. The highest BCUT2D eigenvalue weighted by molar-refractivity contribution is 5.89. The van der Waals surface area contributed by atoms with Gasteiger partial charge in [-0.25, -0.2) is 9.59 Å². The highest BCUT2D eigenvalue weighted by Gasteiger charge is 1.88. The maximum atomic E-state index is 9.55. The molecule has 0 fully saturated rings. The topological polar surface area (TPSA) is 91.7 Å². The minimum atomic E-state index is -1.26. The van der Waals surface area contributed by atoms with Crippen molar-refractivity contribution in [3.63, 3.8) is 0 Å². The molecule has 0 rings (SSSR count). The van der Waals surface area contributed by atoms with E-state index in [0.717, 1.165) is 12.7 Å². The average Bonchev–Trinajstić information content (AvgIpc) is 2.03. The first-order chi connectivity index (χ1) is 6.04. The van der Waals surface area contributed by atoms with Crippen molar-refractivity contribution >= 4 is 18.2 Å². The zero-order valence-electron chi connectivity index (χ0n) is 7.27. The van der Waals surface area contributed by atoms with Crippen molar-refractivity contribution in [1.82, 2.24) is 0 Å². The molecule has 13 heavy (non-hydrogen) atoms. The van der Waals surface area contributed by atoms with E-state index in [9.17, 15) is 14.4 Å². The molecule has 5 nitrogen and oxygen atoms in total. The summed E-state index contributed by atoms with van der Waals surface area (Å²) in [4.78, 5) is 28.5. The Morgan fingerprint density at radius 1 is 1.15 bits per heavy atom. The largest absolute Gasteiger partial charge is 0.478 e. The van der Waals surface area contributed by atoms with Crippen molar-refractivity contribution in [1.29, 1.82) is 0 Å². The molecule has 0 aliphatic rings. The van der Waals surface area contributed by atoms with Crippen LogP contribution in [0.3, 0.4) is 0 Å². The molecule has 0 saturated heterocycles. The van der Waals surface area contributed by atoms with Gasteiger partial charge in [-0.15, -0.1) is 0 Å². The van der Waals surface area contributed by atoms with Crippen LogP contribution in [-0.4, -0.2) is 28.4 Å². The summed E-state index contributed by atoms with van der Waals surface area (Å²) in [6.07, 6.45) is 3.73. The molecule has 0 aromatic carbocycles. The molecule has 2 N–H and O–H groups in total. The Morgan fingerprint density at radius 3 is 1.62 bits per heavy atom. The van der Waals surface area contributed by atoms with Gasteiger partial charge in [0.25, 0.3) is 0 Å². The monoisotopic (exact) mass is 188 g/mol. The van der Waals surface area contributed by atoms with E-state index in [1.165, 1.54) is 0 Å². The van der Waals surface area contributed by atoms with Gasteiger partial charge in [0.1, 0.15) is 6.29 Å². The smallest absolute Gasteiger partial charge is 0.328 e. The fourth-order valence-electron chi connectivity index (χ4n) is 0.260. The number of unbranched alkanes of at least 4 members (excludes halogenated alkanes) is 1. The lowest BCUT2D eigenvalue weighted by Gasteiger charge is -1.74. The average molecular weight is 188 g/mol. The SMILES string of the molecule is CCCC=O.O=C(O)C=CC(=O)O. The first-order valence-electron chi connectivity index (χ1n) is 3.62. The third-order valence-corrected chi connectivity index (χ3v) is 0.775. The van der Waals surface area contributed by atoms with Crippen molar-refractivity contribution in [2.75, 3.05) is 0 Å². The summed E-state index contributed by atoms with van der Waals surface area (Å²) < 4.78 is 0. The van der Waals surface area contributed by atoms with E-state index in [2.05, 4.69) is 0 Å². The zero-order valence-corrected chi connectivity index (χ0v) is 7.27. The molecule has 5 heteroatoms. The maximum Gasteiger partial charge on any atom is 0.328 e. The van der Waals surface area contributed by atoms with Crippen molar-refractivity contribution in [2.45, 2.75) is 19.8 Å². The molecule has 0 unspecified atom stereocenters. The van der Waals surface area contributed by atoms with Crippen molar-refractivity contribution in [3.05, 3.63) is 12.2 Å². The number of hydrogen-bond donors (Lipinski definition) is 2. The van der Waals surface area contributed by atoms with E-state index < -0.39 is 11.9 Å². The Hall–Kier alpha value is -1.65. The van der Waals surface area contributed by atoms with Gasteiger partial charge in [-0.2, -0.15) is 0 Å². The molecule has 0 atom stereocenters. The van der Waals surface area contributed by atoms with Crippen LogP contribution < -0.4 is 0 Å². The fraction of sp³-hybridized carbons (Fsp3) is 0.375. The van der Waals surface area contributed by atoms with Gasteiger partial charge in [-0.3, -0.25) is 0 Å². The van der Waals surface area contributed by atoms with Crippen molar-refractivity contribution in [2.24, 2.45) is 0 Å². The highest BCUT2D eigenvalue weighted by atomic mass is 16.4. The standard InChI is InChI=1S/C4H4O4.C4H8O/c5-3(6)1-2-4(7)8;1-2-3-4-5/h1-2H,(H,5,6)(H,7,8);4H,2-3H2,1H3. The van der Waals surface area contributed by atoms with Gasteiger partial charge in [0.15, 0.2) is 0 Å². The quantitative estimate of drug-likeness (QED) is 0.500. The molecular formula is C8H12O5. The second-order valence-corrected chi connectivity index (χ2v) is 1.97. The van der Waals surface area contributed by atoms with E-state index in [-0.39, 0.29) is 0 Å². The molecule has 0 amide bonds. The molecule has 0 spiro atoms. The third kappa shape index (κ3) is 25.2. The summed E-state index contributed by atoms with van der Waals surface area (Å²) in [6, 6.07) is 0. The normalized spacial score (nSPS) is 8.69. The van der Waals surface area contributed by atoms with Crippen LogP contribution in [0.25, 0.3) is 0 Å². The van der Waals surface area contributed by atoms with Gasteiger partial charge < -0.3 is 15.0 Å². The van der Waals surface area contributed by atoms with Gasteiger partial charge in [-0.05, 0) is 6.42 Å². The third-order valence-electron chi connectivity index (χ3n) is 0.775. The van der Waals surface area contributed by atoms with E-state index in [4.69, 9.17) is 10.2 Å². The van der Waals surface area contributed by atoms with Crippen LogP contribution in [0.2, 0.25) is 0 Å². The predicted molar refractivity (Wildman–Crippen MR) is 45.4 cm³/mol. The van der Waals surface area contributed by atoms with Crippen LogP contribution in [0.5, 0.6) is 0 Å². The van der Waals surface area contributed by atoms with Crippen LogP contribution in [0.1, 0.15) is 19.8 Å². The molecular weight excluding hydrogens is 176 g/mol. The van der Waals surface area contributed by atoms with Crippen LogP contribution in [0, 0.1) is 0 Å². The first-order valence-corrected chi connectivity index (χ1v) is 3.62. The van der Waals surface area contributed by atoms with Gasteiger partial charge >= 0.3 is 11.9 Å². The Morgan fingerprint density at radius 2 is 1.54 bits per heavy atom. The van der Waals surface area contributed by atoms with Crippen molar-refractivity contribution in [3.8, 4) is 0 Å². The number of rotatable bonds is 4. The summed E-state index contributed by atoms with van der Waals surface area (Å²) in [7, 11) is 0. The fourth-order valence-corrected chi connectivity index (χ4v) is 0.260. The molecule has 0 aliphatic heterocycles. The Kier molecular flexibility index (Phi) is 11.1. The molecule has 0 aromatic rings. The number of hydrogen-bond acceptors (Lipinski definition) is 3. The number of carboxylic acids is 2. The molecule has 0 radical (unpaired) electrons. The van der Waals surface area contributed by atoms with Crippen LogP contribution in [0.4, 0.5) is 0 Å². The number of carbonyl (C=O) groups is 3. The predicted octanol–water partition coefficient (Wildman–Crippen LogP) is 0.697. The Bertz CT molecular complexity index is 179. The molecule has 0 heterocycles. The number of carboxylic acid groups (broad SMARTS) is 2. The summed E-state index contributed by atoms with van der Waals surface area (Å²) in [5.41, 5.74) is 0. The highest BCUT2D eigenvalue weighted by Crippen LogP contribution is 1.74. The van der Waals surface area contributed by atoms with Gasteiger partial charge in [0.2, 0.25) is 0 Å². The Balaban J connectivity index is 0. The minimum Gasteiger partial charge on any atom is -0.478 e. The number of aliphatic carboxylic acids is 2. The van der Waals surface area contributed by atoms with Gasteiger partial charge in [-0.1, -0.05) is 6.92 Å². The summed E-state index contributed by atoms with van der Waals surface area (Å²) in [5, 5.41) is 15.6. The molecule has 0 bridgehead atoms. The lowest BCUT2D eigenvalue weighted by Crippen LogP contribution is -1.91. The number of aldehydes is 1. The van der Waals surface area contributed by atoms with Gasteiger partial charge in [0.05, 0.1) is 0 Å². The molecule has 0 saturated carbocycles. The molecule has 74 valence electrons. The van der Waals surface area contributed by atoms with E-state index in [1.807, 2.05) is 6.92 Å². The minimum absolute atomic E-state index is 0.558. The second kappa shape index (κ2) is 10.3.